The lowest BCUT2D eigenvalue weighted by molar-refractivity contribution is -0.138. The van der Waals surface area contributed by atoms with Crippen LogP contribution in [0.5, 0.6) is 0 Å². The van der Waals surface area contributed by atoms with Crippen molar-refractivity contribution in [1.82, 2.24) is 9.80 Å². The fourth-order valence-electron chi connectivity index (χ4n) is 3.83. The fraction of sp³-hybridized carbons (Fsp3) is 0.579. The molecule has 0 aromatic heterocycles. The molecule has 142 valence electrons. The van der Waals surface area contributed by atoms with E-state index in [9.17, 15) is 9.59 Å². The highest BCUT2D eigenvalue weighted by Crippen LogP contribution is 2.31. The third kappa shape index (κ3) is 3.71. The van der Waals surface area contributed by atoms with Gasteiger partial charge in [-0.3, -0.25) is 9.59 Å². The number of nitrogens with zero attached hydrogens (tertiary/aromatic N) is 2. The molecule has 1 aromatic rings. The predicted molar refractivity (Wildman–Crippen MR) is 103 cm³/mol. The topological polar surface area (TPSA) is 66.6 Å². The van der Waals surface area contributed by atoms with Gasteiger partial charge in [-0.05, 0) is 42.9 Å². The van der Waals surface area contributed by atoms with Crippen molar-refractivity contribution >= 4 is 35.0 Å². The largest absolute Gasteiger partial charge is 0.340 e. The molecule has 0 saturated carbocycles. The Morgan fingerprint density at radius 2 is 1.88 bits per heavy atom. The van der Waals surface area contributed by atoms with Gasteiger partial charge in [-0.25, -0.2) is 0 Å². The lowest BCUT2D eigenvalue weighted by Crippen LogP contribution is -2.57. The maximum Gasteiger partial charge on any atom is 0.254 e. The zero-order valence-electron chi connectivity index (χ0n) is 15.2. The number of piperidine rings is 1. The summed E-state index contributed by atoms with van der Waals surface area (Å²) in [5.41, 5.74) is 6.52. The Bertz CT molecular complexity index is 723. The van der Waals surface area contributed by atoms with E-state index in [1.807, 2.05) is 4.90 Å². The Labute approximate surface area is 164 Å². The second-order valence-electron chi connectivity index (χ2n) is 7.93. The Hall–Kier alpha value is -1.30. The molecule has 3 rings (SSSR count). The zero-order valence-corrected chi connectivity index (χ0v) is 16.7. The molecule has 26 heavy (non-hydrogen) atoms. The fourth-order valence-corrected chi connectivity index (χ4v) is 4.13. The number of benzene rings is 1. The first-order valence-corrected chi connectivity index (χ1v) is 9.77. The second-order valence-corrected chi connectivity index (χ2v) is 8.74. The molecule has 2 aliphatic rings. The van der Waals surface area contributed by atoms with Gasteiger partial charge in [0.05, 0.1) is 10.0 Å². The van der Waals surface area contributed by atoms with Gasteiger partial charge in [0.2, 0.25) is 5.91 Å². The van der Waals surface area contributed by atoms with E-state index in [1.54, 1.807) is 23.1 Å². The van der Waals surface area contributed by atoms with Crippen molar-refractivity contribution in [1.29, 1.82) is 0 Å². The standard InChI is InChI=1S/C19H25Cl2N3O2/c1-19(2)11-23(9-7-16(19)22)18(26)15-4-3-8-24(15)17(25)12-5-6-13(20)14(21)10-12/h5-6,10,15-16H,3-4,7-9,11,22H2,1-2H3. The highest BCUT2D eigenvalue weighted by Gasteiger charge is 2.41. The van der Waals surface area contributed by atoms with Gasteiger partial charge in [0.25, 0.3) is 5.91 Å². The van der Waals surface area contributed by atoms with Crippen LogP contribution in [0.4, 0.5) is 0 Å². The second kappa shape index (κ2) is 7.37. The van der Waals surface area contributed by atoms with E-state index in [0.717, 1.165) is 12.8 Å². The molecule has 2 heterocycles. The quantitative estimate of drug-likeness (QED) is 0.832. The summed E-state index contributed by atoms with van der Waals surface area (Å²) < 4.78 is 0. The molecule has 2 amide bonds. The predicted octanol–water partition coefficient (Wildman–Crippen LogP) is 3.18. The Kier molecular flexibility index (Phi) is 5.52. The minimum absolute atomic E-state index is 0.0240. The summed E-state index contributed by atoms with van der Waals surface area (Å²) in [4.78, 5) is 29.6. The highest BCUT2D eigenvalue weighted by atomic mass is 35.5. The van der Waals surface area contributed by atoms with Crippen molar-refractivity contribution in [2.24, 2.45) is 11.1 Å². The van der Waals surface area contributed by atoms with E-state index >= 15 is 0 Å². The van der Waals surface area contributed by atoms with Gasteiger partial charge >= 0.3 is 0 Å². The van der Waals surface area contributed by atoms with Gasteiger partial charge in [0, 0.05) is 31.2 Å². The summed E-state index contributed by atoms with van der Waals surface area (Å²) in [5, 5.41) is 0.746. The molecule has 7 heteroatoms. The summed E-state index contributed by atoms with van der Waals surface area (Å²) in [6, 6.07) is 4.50. The van der Waals surface area contributed by atoms with E-state index < -0.39 is 6.04 Å². The molecule has 2 atom stereocenters. The molecule has 2 saturated heterocycles. The van der Waals surface area contributed by atoms with Crippen LogP contribution < -0.4 is 5.73 Å². The van der Waals surface area contributed by atoms with Crippen LogP contribution in [0, 0.1) is 5.41 Å². The molecule has 5 nitrogen and oxygen atoms in total. The molecule has 0 aliphatic carbocycles. The van der Waals surface area contributed by atoms with Gasteiger partial charge in [0.1, 0.15) is 6.04 Å². The van der Waals surface area contributed by atoms with Crippen LogP contribution in [0.1, 0.15) is 43.5 Å². The molecular formula is C19H25Cl2N3O2. The van der Waals surface area contributed by atoms with Crippen molar-refractivity contribution in [3.63, 3.8) is 0 Å². The number of nitrogens with two attached hydrogens (primary N) is 1. The monoisotopic (exact) mass is 397 g/mol. The van der Waals surface area contributed by atoms with Crippen molar-refractivity contribution in [3.8, 4) is 0 Å². The Balaban J connectivity index is 1.76. The average molecular weight is 398 g/mol. The molecule has 2 N–H and O–H groups in total. The zero-order chi connectivity index (χ0) is 19.1. The van der Waals surface area contributed by atoms with Crippen LogP contribution in [-0.4, -0.2) is 53.3 Å². The van der Waals surface area contributed by atoms with Crippen molar-refractivity contribution < 1.29 is 9.59 Å². The molecular weight excluding hydrogens is 373 g/mol. The first-order chi connectivity index (χ1) is 12.2. The van der Waals surface area contributed by atoms with Gasteiger partial charge in [-0.2, -0.15) is 0 Å². The first-order valence-electron chi connectivity index (χ1n) is 9.01. The molecule has 0 bridgehead atoms. The molecule has 0 spiro atoms. The van der Waals surface area contributed by atoms with Crippen LogP contribution in [0.25, 0.3) is 0 Å². The maximum atomic E-state index is 13.1. The van der Waals surface area contributed by atoms with Gasteiger partial charge in [-0.1, -0.05) is 37.0 Å². The van der Waals surface area contributed by atoms with Gasteiger partial charge in [-0.15, -0.1) is 0 Å². The van der Waals surface area contributed by atoms with E-state index in [-0.39, 0.29) is 23.3 Å². The summed E-state index contributed by atoms with van der Waals surface area (Å²) in [6.07, 6.45) is 2.29. The van der Waals surface area contributed by atoms with Crippen LogP contribution >= 0.6 is 23.2 Å². The number of likely N-dealkylation sites (tertiary alicyclic amines) is 2. The Morgan fingerprint density at radius 3 is 2.54 bits per heavy atom. The van der Waals surface area contributed by atoms with Crippen molar-refractivity contribution in [2.45, 2.75) is 45.2 Å². The summed E-state index contributed by atoms with van der Waals surface area (Å²) >= 11 is 12.0. The average Bonchev–Trinajstić information content (AvgIpc) is 3.08. The number of rotatable bonds is 2. The van der Waals surface area contributed by atoms with Crippen LogP contribution in [-0.2, 0) is 4.79 Å². The third-order valence-corrected chi connectivity index (χ3v) is 6.33. The summed E-state index contributed by atoms with van der Waals surface area (Å²) in [7, 11) is 0. The van der Waals surface area contributed by atoms with E-state index in [2.05, 4.69) is 13.8 Å². The van der Waals surface area contributed by atoms with Gasteiger partial charge in [0.15, 0.2) is 0 Å². The van der Waals surface area contributed by atoms with Crippen LogP contribution in [0.15, 0.2) is 18.2 Å². The van der Waals surface area contributed by atoms with Crippen molar-refractivity contribution in [2.75, 3.05) is 19.6 Å². The minimum atomic E-state index is -0.415. The molecule has 2 unspecified atom stereocenters. The van der Waals surface area contributed by atoms with Crippen molar-refractivity contribution in [3.05, 3.63) is 33.8 Å². The number of hydrogen-bond acceptors (Lipinski definition) is 3. The highest BCUT2D eigenvalue weighted by molar-refractivity contribution is 6.42. The summed E-state index contributed by atoms with van der Waals surface area (Å²) in [5.74, 6) is -0.150. The normalized spacial score (nSPS) is 25.4. The number of hydrogen-bond donors (Lipinski definition) is 1. The van der Waals surface area contributed by atoms with Gasteiger partial charge < -0.3 is 15.5 Å². The van der Waals surface area contributed by atoms with E-state index in [1.165, 1.54) is 0 Å². The lowest BCUT2D eigenvalue weighted by atomic mass is 9.79. The minimum Gasteiger partial charge on any atom is -0.340 e. The number of amides is 2. The molecule has 2 aliphatic heterocycles. The van der Waals surface area contributed by atoms with Crippen LogP contribution in [0.2, 0.25) is 10.0 Å². The number of carbonyl (C=O) groups is 2. The number of carbonyl (C=O) groups excluding carboxylic acids is 2. The molecule has 2 fully saturated rings. The molecule has 1 aromatic carbocycles. The van der Waals surface area contributed by atoms with E-state index in [4.69, 9.17) is 28.9 Å². The smallest absolute Gasteiger partial charge is 0.254 e. The maximum absolute atomic E-state index is 13.1. The first kappa shape index (κ1) is 19.5. The Morgan fingerprint density at radius 1 is 1.15 bits per heavy atom. The van der Waals surface area contributed by atoms with Crippen LogP contribution in [0.3, 0.4) is 0 Å². The lowest BCUT2D eigenvalue weighted by Gasteiger charge is -2.44. The summed E-state index contributed by atoms with van der Waals surface area (Å²) in [6.45, 7) is 6.02. The SMILES string of the molecule is CC1(C)CN(C(=O)C2CCCN2C(=O)c2ccc(Cl)c(Cl)c2)CCC1N. The van der Waals surface area contributed by atoms with E-state index in [0.29, 0.717) is 41.7 Å². The third-order valence-electron chi connectivity index (χ3n) is 5.59. The number of halogens is 2. The molecule has 0 radical (unpaired) electrons.